The molecule has 124 valence electrons. The molecule has 0 aliphatic rings. The summed E-state index contributed by atoms with van der Waals surface area (Å²) >= 11 is 11.1. The van der Waals surface area contributed by atoms with E-state index in [1.54, 1.807) is 36.4 Å². The second-order valence-corrected chi connectivity index (χ2v) is 5.49. The summed E-state index contributed by atoms with van der Waals surface area (Å²) in [5.74, 6) is -0.198. The number of anilines is 1. The molecule has 0 unspecified atom stereocenters. The van der Waals surface area contributed by atoms with E-state index in [0.717, 1.165) is 0 Å². The number of thiocarbonyl (C=S) groups is 1. The first-order valence-corrected chi connectivity index (χ1v) is 7.65. The standard InChI is InChI=1S/C17H14ClFN2O2S/c1-23-15-8-7-13(10-14(15)18)20-17(24)21-16(22)9-4-11-2-5-12(19)6-3-11/h2-10H,1H3,(H2,20,21,22,24)/b9-4+. The van der Waals surface area contributed by atoms with Crippen molar-refractivity contribution in [3.8, 4) is 5.75 Å². The Balaban J connectivity index is 1.90. The summed E-state index contributed by atoms with van der Waals surface area (Å²) in [6.07, 6.45) is 2.86. The van der Waals surface area contributed by atoms with Gasteiger partial charge in [0.25, 0.3) is 0 Å². The Morgan fingerprint density at radius 2 is 1.96 bits per heavy atom. The highest BCUT2D eigenvalue weighted by Gasteiger charge is 2.05. The highest BCUT2D eigenvalue weighted by Crippen LogP contribution is 2.27. The number of hydrogen-bond acceptors (Lipinski definition) is 3. The fourth-order valence-electron chi connectivity index (χ4n) is 1.81. The van der Waals surface area contributed by atoms with Crippen LogP contribution in [0.3, 0.4) is 0 Å². The van der Waals surface area contributed by atoms with Gasteiger partial charge in [-0.3, -0.25) is 10.1 Å². The van der Waals surface area contributed by atoms with Crippen molar-refractivity contribution in [2.24, 2.45) is 0 Å². The van der Waals surface area contributed by atoms with E-state index in [-0.39, 0.29) is 10.9 Å². The molecule has 24 heavy (non-hydrogen) atoms. The molecule has 0 aliphatic heterocycles. The van der Waals surface area contributed by atoms with Gasteiger partial charge in [0.1, 0.15) is 11.6 Å². The third-order valence-electron chi connectivity index (χ3n) is 2.94. The van der Waals surface area contributed by atoms with Crippen LogP contribution in [0.2, 0.25) is 5.02 Å². The second kappa shape index (κ2) is 8.42. The van der Waals surface area contributed by atoms with Gasteiger partial charge in [0.05, 0.1) is 12.1 Å². The largest absolute Gasteiger partial charge is 0.495 e. The molecular weight excluding hydrogens is 351 g/mol. The van der Waals surface area contributed by atoms with E-state index >= 15 is 0 Å². The average molecular weight is 365 g/mol. The van der Waals surface area contributed by atoms with E-state index in [1.807, 2.05) is 0 Å². The fourth-order valence-corrected chi connectivity index (χ4v) is 2.28. The van der Waals surface area contributed by atoms with Crippen molar-refractivity contribution >= 4 is 46.6 Å². The van der Waals surface area contributed by atoms with E-state index < -0.39 is 5.91 Å². The maximum atomic E-state index is 12.8. The first-order valence-electron chi connectivity index (χ1n) is 6.87. The molecule has 2 aromatic carbocycles. The Kier molecular flexibility index (Phi) is 6.28. The summed E-state index contributed by atoms with van der Waals surface area (Å²) in [4.78, 5) is 11.8. The number of rotatable bonds is 4. The van der Waals surface area contributed by atoms with Crippen LogP contribution in [0.1, 0.15) is 5.56 Å². The minimum absolute atomic E-state index is 0.130. The molecule has 0 aliphatic carbocycles. The molecule has 0 spiro atoms. The molecule has 0 saturated carbocycles. The molecule has 0 heterocycles. The van der Waals surface area contributed by atoms with Crippen LogP contribution in [0.25, 0.3) is 6.08 Å². The van der Waals surface area contributed by atoms with Crippen molar-refractivity contribution in [2.45, 2.75) is 0 Å². The number of methoxy groups -OCH3 is 1. The molecule has 1 amide bonds. The van der Waals surface area contributed by atoms with Crippen molar-refractivity contribution in [1.29, 1.82) is 0 Å². The number of ether oxygens (including phenoxy) is 1. The van der Waals surface area contributed by atoms with Gasteiger partial charge in [-0.25, -0.2) is 4.39 Å². The first kappa shape index (κ1) is 17.9. The lowest BCUT2D eigenvalue weighted by Gasteiger charge is -2.10. The molecule has 0 bridgehead atoms. The van der Waals surface area contributed by atoms with Crippen molar-refractivity contribution in [3.63, 3.8) is 0 Å². The highest BCUT2D eigenvalue weighted by atomic mass is 35.5. The molecule has 0 saturated heterocycles. The number of benzene rings is 2. The van der Waals surface area contributed by atoms with Crippen LogP contribution in [-0.4, -0.2) is 18.1 Å². The van der Waals surface area contributed by atoms with E-state index in [9.17, 15) is 9.18 Å². The third kappa shape index (κ3) is 5.33. The Labute approximate surface area is 149 Å². The van der Waals surface area contributed by atoms with Crippen LogP contribution < -0.4 is 15.4 Å². The number of amides is 1. The summed E-state index contributed by atoms with van der Waals surface area (Å²) in [5.41, 5.74) is 1.32. The maximum absolute atomic E-state index is 12.8. The van der Waals surface area contributed by atoms with Crippen LogP contribution >= 0.6 is 23.8 Å². The van der Waals surface area contributed by atoms with Gasteiger partial charge in [-0.05, 0) is 54.2 Å². The zero-order valence-corrected chi connectivity index (χ0v) is 14.2. The summed E-state index contributed by atoms with van der Waals surface area (Å²) in [6.45, 7) is 0. The summed E-state index contributed by atoms with van der Waals surface area (Å²) in [6, 6.07) is 10.8. The number of nitrogens with one attached hydrogen (secondary N) is 2. The van der Waals surface area contributed by atoms with E-state index in [1.165, 1.54) is 25.3 Å². The summed E-state index contributed by atoms with van der Waals surface area (Å²) in [7, 11) is 1.52. The van der Waals surface area contributed by atoms with E-state index in [0.29, 0.717) is 22.0 Å². The molecule has 4 nitrogen and oxygen atoms in total. The predicted molar refractivity (Wildman–Crippen MR) is 97.8 cm³/mol. The summed E-state index contributed by atoms with van der Waals surface area (Å²) < 4.78 is 17.9. The van der Waals surface area contributed by atoms with Gasteiger partial charge in [0, 0.05) is 11.8 Å². The molecule has 7 heteroatoms. The first-order chi connectivity index (χ1) is 11.5. The van der Waals surface area contributed by atoms with E-state index in [2.05, 4.69) is 10.6 Å². The van der Waals surface area contributed by atoms with Gasteiger partial charge in [0.15, 0.2) is 5.11 Å². The van der Waals surface area contributed by atoms with Gasteiger partial charge in [-0.15, -0.1) is 0 Å². The van der Waals surface area contributed by atoms with Crippen LogP contribution in [0, 0.1) is 5.82 Å². The lowest BCUT2D eigenvalue weighted by Crippen LogP contribution is -2.32. The number of hydrogen-bond donors (Lipinski definition) is 2. The normalized spacial score (nSPS) is 10.5. The van der Waals surface area contributed by atoms with Gasteiger partial charge < -0.3 is 10.1 Å². The zero-order valence-electron chi connectivity index (χ0n) is 12.7. The molecule has 0 radical (unpaired) electrons. The highest BCUT2D eigenvalue weighted by molar-refractivity contribution is 7.80. The van der Waals surface area contributed by atoms with Crippen LogP contribution in [-0.2, 0) is 4.79 Å². The van der Waals surface area contributed by atoms with Gasteiger partial charge in [0.2, 0.25) is 5.91 Å². The predicted octanol–water partition coefficient (Wildman–Crippen LogP) is 4.01. The Bertz CT molecular complexity index is 779. The molecular formula is C17H14ClFN2O2S. The topological polar surface area (TPSA) is 50.4 Å². The minimum atomic E-state index is -0.406. The van der Waals surface area contributed by atoms with E-state index in [4.69, 9.17) is 28.6 Å². The van der Waals surface area contributed by atoms with Gasteiger partial charge in [-0.2, -0.15) is 0 Å². The smallest absolute Gasteiger partial charge is 0.250 e. The van der Waals surface area contributed by atoms with Crippen LogP contribution in [0.15, 0.2) is 48.5 Å². The van der Waals surface area contributed by atoms with Crippen molar-refractivity contribution in [1.82, 2.24) is 5.32 Å². The molecule has 0 fully saturated rings. The fraction of sp³-hybridized carbons (Fsp3) is 0.0588. The summed E-state index contributed by atoms with van der Waals surface area (Å²) in [5, 5.41) is 5.90. The quantitative estimate of drug-likeness (QED) is 0.635. The maximum Gasteiger partial charge on any atom is 0.250 e. The average Bonchev–Trinajstić information content (AvgIpc) is 2.54. The minimum Gasteiger partial charge on any atom is -0.495 e. The van der Waals surface area contributed by atoms with Gasteiger partial charge >= 0.3 is 0 Å². The molecule has 2 N–H and O–H groups in total. The SMILES string of the molecule is COc1ccc(NC(=S)NC(=O)/C=C/c2ccc(F)cc2)cc1Cl. The van der Waals surface area contributed by atoms with Crippen molar-refractivity contribution < 1.29 is 13.9 Å². The third-order valence-corrected chi connectivity index (χ3v) is 3.44. The Morgan fingerprint density at radius 3 is 2.58 bits per heavy atom. The molecule has 0 aromatic heterocycles. The number of halogens is 2. The van der Waals surface area contributed by atoms with Crippen molar-refractivity contribution in [3.05, 3.63) is 64.9 Å². The van der Waals surface area contributed by atoms with Gasteiger partial charge in [-0.1, -0.05) is 23.7 Å². The lowest BCUT2D eigenvalue weighted by atomic mass is 10.2. The Hall–Kier alpha value is -2.44. The molecule has 0 atom stereocenters. The monoisotopic (exact) mass is 364 g/mol. The van der Waals surface area contributed by atoms with Crippen molar-refractivity contribution in [2.75, 3.05) is 12.4 Å². The molecule has 2 aromatic rings. The Morgan fingerprint density at radius 1 is 1.25 bits per heavy atom. The van der Waals surface area contributed by atoms with Crippen LogP contribution in [0.5, 0.6) is 5.75 Å². The van der Waals surface area contributed by atoms with Crippen LogP contribution in [0.4, 0.5) is 10.1 Å². The number of carbonyl (C=O) groups is 1. The lowest BCUT2D eigenvalue weighted by molar-refractivity contribution is -0.115. The second-order valence-electron chi connectivity index (χ2n) is 4.68. The number of carbonyl (C=O) groups excluding carboxylic acids is 1. The zero-order chi connectivity index (χ0) is 17.5. The molecule has 2 rings (SSSR count).